The van der Waals surface area contributed by atoms with Crippen LogP contribution in [0.15, 0.2) is 53.1 Å². The van der Waals surface area contributed by atoms with Gasteiger partial charge in [0, 0.05) is 18.8 Å². The minimum Gasteiger partial charge on any atom is -0.456 e. The zero-order chi connectivity index (χ0) is 19.0. The van der Waals surface area contributed by atoms with Crippen molar-refractivity contribution in [1.29, 1.82) is 0 Å². The van der Waals surface area contributed by atoms with Crippen LogP contribution in [0.3, 0.4) is 0 Å². The summed E-state index contributed by atoms with van der Waals surface area (Å²) in [6.07, 6.45) is 1.80. The minimum absolute atomic E-state index is 0.127. The Bertz CT molecular complexity index is 1120. The van der Waals surface area contributed by atoms with Crippen molar-refractivity contribution in [3.8, 4) is 11.5 Å². The summed E-state index contributed by atoms with van der Waals surface area (Å²) < 4.78 is 12.9. The van der Waals surface area contributed by atoms with Crippen LogP contribution in [0, 0.1) is 13.8 Å². The van der Waals surface area contributed by atoms with Crippen molar-refractivity contribution in [1.82, 2.24) is 14.8 Å². The summed E-state index contributed by atoms with van der Waals surface area (Å²) in [6, 6.07) is 13.1. The highest BCUT2D eigenvalue weighted by atomic mass is 16.5. The maximum absolute atomic E-state index is 12.3. The largest absolute Gasteiger partial charge is 0.456 e. The molecule has 0 spiro atoms. The van der Waals surface area contributed by atoms with Crippen LogP contribution in [-0.2, 0) is 18.4 Å². The van der Waals surface area contributed by atoms with Gasteiger partial charge in [-0.25, -0.2) is 9.78 Å². The third-order valence-corrected chi connectivity index (χ3v) is 4.21. The molecular weight excluding hydrogens is 342 g/mol. The fraction of sp³-hybridized carbons (Fsp3) is 0.190. The molecule has 27 heavy (non-hydrogen) atoms. The van der Waals surface area contributed by atoms with Crippen LogP contribution < -0.4 is 0 Å². The van der Waals surface area contributed by atoms with Gasteiger partial charge in [-0.15, -0.1) is 0 Å². The molecule has 0 unspecified atom stereocenters. The number of oxazole rings is 1. The first kappa shape index (κ1) is 17.0. The summed E-state index contributed by atoms with van der Waals surface area (Å²) in [5, 5.41) is 4.19. The van der Waals surface area contributed by atoms with Crippen LogP contribution in [0.2, 0.25) is 0 Å². The monoisotopic (exact) mass is 361 g/mol. The number of ether oxygens (including phenoxy) is 1. The fourth-order valence-corrected chi connectivity index (χ4v) is 3.04. The first-order chi connectivity index (χ1) is 13.0. The quantitative estimate of drug-likeness (QED) is 0.510. The van der Waals surface area contributed by atoms with Crippen molar-refractivity contribution in [3.63, 3.8) is 0 Å². The molecule has 0 aliphatic heterocycles. The first-order valence-corrected chi connectivity index (χ1v) is 8.63. The molecule has 0 N–H and O–H groups in total. The van der Waals surface area contributed by atoms with Gasteiger partial charge in [-0.05, 0) is 50.2 Å². The first-order valence-electron chi connectivity index (χ1n) is 8.63. The van der Waals surface area contributed by atoms with Crippen molar-refractivity contribution in [2.45, 2.75) is 20.5 Å². The standard InChI is InChI=1S/C21H19N3O3/c1-13-8-14(2)10-16(9-13)20-22-18-5-4-15(11-19(18)27-20)21(25)26-12-17-6-7-24(3)23-17/h4-11H,12H2,1-3H3. The van der Waals surface area contributed by atoms with E-state index in [2.05, 4.69) is 16.1 Å². The van der Waals surface area contributed by atoms with Gasteiger partial charge in [0.25, 0.3) is 0 Å². The highest BCUT2D eigenvalue weighted by Gasteiger charge is 2.14. The van der Waals surface area contributed by atoms with Gasteiger partial charge in [0.15, 0.2) is 5.58 Å². The summed E-state index contributed by atoms with van der Waals surface area (Å²) in [5.41, 5.74) is 5.58. The molecule has 0 aliphatic rings. The zero-order valence-corrected chi connectivity index (χ0v) is 15.4. The van der Waals surface area contributed by atoms with E-state index < -0.39 is 5.97 Å². The van der Waals surface area contributed by atoms with E-state index in [1.54, 1.807) is 29.1 Å². The third-order valence-electron chi connectivity index (χ3n) is 4.21. The smallest absolute Gasteiger partial charge is 0.338 e. The molecule has 0 saturated heterocycles. The lowest BCUT2D eigenvalue weighted by molar-refractivity contribution is 0.0467. The molecule has 0 aliphatic carbocycles. The molecule has 6 heteroatoms. The number of fused-ring (bicyclic) bond motifs is 1. The number of esters is 1. The van der Waals surface area contributed by atoms with Gasteiger partial charge in [-0.3, -0.25) is 4.68 Å². The molecule has 0 fully saturated rings. The molecule has 0 amide bonds. The molecule has 0 radical (unpaired) electrons. The molecule has 0 saturated carbocycles. The van der Waals surface area contributed by atoms with Gasteiger partial charge < -0.3 is 9.15 Å². The summed E-state index contributed by atoms with van der Waals surface area (Å²) >= 11 is 0. The Hall–Kier alpha value is -3.41. The number of carbonyl (C=O) groups is 1. The van der Waals surface area contributed by atoms with Gasteiger partial charge in [-0.1, -0.05) is 17.2 Å². The molecule has 0 bridgehead atoms. The second-order valence-corrected chi connectivity index (χ2v) is 6.63. The van der Waals surface area contributed by atoms with Crippen molar-refractivity contribution in [2.24, 2.45) is 7.05 Å². The van der Waals surface area contributed by atoms with Gasteiger partial charge >= 0.3 is 5.97 Å². The van der Waals surface area contributed by atoms with Crippen molar-refractivity contribution in [2.75, 3.05) is 0 Å². The lowest BCUT2D eigenvalue weighted by Gasteiger charge is -2.02. The van der Waals surface area contributed by atoms with Gasteiger partial charge in [-0.2, -0.15) is 5.10 Å². The number of rotatable bonds is 4. The zero-order valence-electron chi connectivity index (χ0n) is 15.4. The van der Waals surface area contributed by atoms with Crippen LogP contribution in [0.4, 0.5) is 0 Å². The highest BCUT2D eigenvalue weighted by Crippen LogP contribution is 2.26. The van der Waals surface area contributed by atoms with Crippen molar-refractivity contribution < 1.29 is 13.9 Å². The Labute approximate surface area is 156 Å². The average Bonchev–Trinajstić information content (AvgIpc) is 3.24. The van der Waals surface area contributed by atoms with Gasteiger partial charge in [0.1, 0.15) is 12.1 Å². The summed E-state index contributed by atoms with van der Waals surface area (Å²) in [4.78, 5) is 16.8. The number of benzene rings is 2. The van der Waals surface area contributed by atoms with E-state index in [0.717, 1.165) is 16.7 Å². The van der Waals surface area contributed by atoms with E-state index in [1.165, 1.54) is 0 Å². The number of nitrogens with zero attached hydrogens (tertiary/aromatic N) is 3. The minimum atomic E-state index is -0.424. The Balaban J connectivity index is 1.57. The molecule has 2 aromatic carbocycles. The predicted molar refractivity (Wildman–Crippen MR) is 101 cm³/mol. The Kier molecular flexibility index (Phi) is 4.24. The highest BCUT2D eigenvalue weighted by molar-refractivity contribution is 5.93. The van der Waals surface area contributed by atoms with E-state index in [4.69, 9.17) is 9.15 Å². The van der Waals surface area contributed by atoms with Crippen LogP contribution in [-0.4, -0.2) is 20.7 Å². The summed E-state index contributed by atoms with van der Waals surface area (Å²) in [6.45, 7) is 4.20. The van der Waals surface area contributed by atoms with E-state index in [0.29, 0.717) is 28.2 Å². The van der Waals surface area contributed by atoms with E-state index in [-0.39, 0.29) is 6.61 Å². The number of hydrogen-bond acceptors (Lipinski definition) is 5. The summed E-state index contributed by atoms with van der Waals surface area (Å²) in [7, 11) is 1.82. The van der Waals surface area contributed by atoms with Crippen LogP contribution >= 0.6 is 0 Å². The molecular formula is C21H19N3O3. The SMILES string of the molecule is Cc1cc(C)cc(-c2nc3ccc(C(=O)OCc4ccn(C)n4)cc3o2)c1. The molecule has 136 valence electrons. The maximum Gasteiger partial charge on any atom is 0.338 e. The lowest BCUT2D eigenvalue weighted by atomic mass is 10.1. The van der Waals surface area contributed by atoms with Gasteiger partial charge in [0.05, 0.1) is 11.3 Å². The topological polar surface area (TPSA) is 70.2 Å². The van der Waals surface area contributed by atoms with Crippen molar-refractivity contribution in [3.05, 3.63) is 71.0 Å². The number of hydrogen-bond donors (Lipinski definition) is 0. The van der Waals surface area contributed by atoms with Gasteiger partial charge in [0.2, 0.25) is 5.89 Å². The summed E-state index contributed by atoms with van der Waals surface area (Å²) in [5.74, 6) is 0.114. The fourth-order valence-electron chi connectivity index (χ4n) is 3.04. The lowest BCUT2D eigenvalue weighted by Crippen LogP contribution is -2.05. The van der Waals surface area contributed by atoms with Crippen molar-refractivity contribution >= 4 is 17.1 Å². The van der Waals surface area contributed by atoms with E-state index in [1.807, 2.05) is 39.1 Å². The third kappa shape index (κ3) is 3.60. The van der Waals surface area contributed by atoms with E-state index >= 15 is 0 Å². The number of aryl methyl sites for hydroxylation is 3. The molecule has 6 nitrogen and oxygen atoms in total. The van der Waals surface area contributed by atoms with Crippen LogP contribution in [0.25, 0.3) is 22.6 Å². The Morgan fingerprint density at radius 3 is 2.59 bits per heavy atom. The number of aromatic nitrogens is 3. The molecule has 2 heterocycles. The maximum atomic E-state index is 12.3. The normalized spacial score (nSPS) is 11.1. The Morgan fingerprint density at radius 1 is 1.11 bits per heavy atom. The van der Waals surface area contributed by atoms with E-state index in [9.17, 15) is 4.79 Å². The molecule has 4 aromatic rings. The number of carbonyl (C=O) groups excluding carboxylic acids is 1. The Morgan fingerprint density at radius 2 is 1.89 bits per heavy atom. The molecule has 4 rings (SSSR count). The second-order valence-electron chi connectivity index (χ2n) is 6.63. The average molecular weight is 361 g/mol. The second kappa shape index (κ2) is 6.72. The predicted octanol–water partition coefficient (Wildman–Crippen LogP) is 4.20. The van der Waals surface area contributed by atoms with Crippen LogP contribution in [0.1, 0.15) is 27.2 Å². The molecule has 2 aromatic heterocycles. The van der Waals surface area contributed by atoms with Crippen LogP contribution in [0.5, 0.6) is 0 Å². The molecule has 0 atom stereocenters.